The number of thioether (sulfide) groups is 1. The first-order valence-electron chi connectivity index (χ1n) is 5.07. The Bertz CT molecular complexity index is 340. The van der Waals surface area contributed by atoms with Crippen LogP contribution in [0.3, 0.4) is 0 Å². The molecule has 0 unspecified atom stereocenters. The van der Waals surface area contributed by atoms with Gasteiger partial charge in [0.25, 0.3) is 0 Å². The van der Waals surface area contributed by atoms with E-state index in [1.807, 2.05) is 26.0 Å². The van der Waals surface area contributed by atoms with E-state index in [1.54, 1.807) is 12.4 Å². The van der Waals surface area contributed by atoms with Crippen LogP contribution >= 0.6 is 11.8 Å². The second-order valence-electron chi connectivity index (χ2n) is 4.11. The van der Waals surface area contributed by atoms with E-state index in [4.69, 9.17) is 5.73 Å². The van der Waals surface area contributed by atoms with Crippen molar-refractivity contribution in [3.63, 3.8) is 0 Å². The molecule has 0 aliphatic rings. The van der Waals surface area contributed by atoms with Gasteiger partial charge in [0.05, 0.1) is 5.75 Å². The first-order valence-corrected chi connectivity index (χ1v) is 6.06. The molecule has 0 aliphatic heterocycles. The number of amides is 1. The maximum atomic E-state index is 11.6. The van der Waals surface area contributed by atoms with Crippen LogP contribution < -0.4 is 11.1 Å². The van der Waals surface area contributed by atoms with E-state index in [-0.39, 0.29) is 11.4 Å². The summed E-state index contributed by atoms with van der Waals surface area (Å²) in [4.78, 5) is 16.5. The van der Waals surface area contributed by atoms with Gasteiger partial charge in [-0.25, -0.2) is 0 Å². The number of hydrogen-bond acceptors (Lipinski definition) is 4. The fourth-order valence-corrected chi connectivity index (χ4v) is 1.73. The minimum absolute atomic E-state index is 0.00253. The number of nitrogens with two attached hydrogens (primary N) is 1. The summed E-state index contributed by atoms with van der Waals surface area (Å²) >= 11 is 1.49. The fourth-order valence-electron chi connectivity index (χ4n) is 1.05. The van der Waals surface area contributed by atoms with Crippen LogP contribution in [-0.4, -0.2) is 28.7 Å². The van der Waals surface area contributed by atoms with Gasteiger partial charge >= 0.3 is 0 Å². The van der Waals surface area contributed by atoms with E-state index < -0.39 is 0 Å². The van der Waals surface area contributed by atoms with Crippen molar-refractivity contribution in [3.8, 4) is 0 Å². The third kappa shape index (κ3) is 4.63. The molecular weight excluding hydrogens is 222 g/mol. The maximum absolute atomic E-state index is 11.6. The molecule has 5 heteroatoms. The van der Waals surface area contributed by atoms with Crippen molar-refractivity contribution in [1.82, 2.24) is 10.3 Å². The second kappa shape index (κ2) is 5.86. The topological polar surface area (TPSA) is 68.0 Å². The predicted octanol–water partition coefficient (Wildman–Crippen LogP) is 1.03. The summed E-state index contributed by atoms with van der Waals surface area (Å²) in [6, 6.07) is 3.76. The summed E-state index contributed by atoms with van der Waals surface area (Å²) in [5, 5.41) is 2.88. The molecule has 0 fully saturated rings. The molecule has 0 spiro atoms. The molecule has 88 valence electrons. The number of nitrogens with one attached hydrogen (secondary N) is 1. The molecule has 1 rings (SSSR count). The van der Waals surface area contributed by atoms with Gasteiger partial charge in [-0.3, -0.25) is 9.78 Å². The highest BCUT2D eigenvalue weighted by atomic mass is 32.2. The molecule has 1 aromatic rings. The molecular formula is C11H17N3OS. The summed E-state index contributed by atoms with van der Waals surface area (Å²) in [5.41, 5.74) is 5.19. The van der Waals surface area contributed by atoms with Crippen LogP contribution in [0.4, 0.5) is 0 Å². The molecule has 0 aromatic carbocycles. The van der Waals surface area contributed by atoms with Gasteiger partial charge in [-0.1, -0.05) is 0 Å². The molecule has 3 N–H and O–H groups in total. The van der Waals surface area contributed by atoms with Crippen molar-refractivity contribution >= 4 is 17.7 Å². The van der Waals surface area contributed by atoms with E-state index in [0.29, 0.717) is 12.3 Å². The lowest BCUT2D eigenvalue weighted by molar-refractivity contribution is -0.120. The largest absolute Gasteiger partial charge is 0.349 e. The van der Waals surface area contributed by atoms with Crippen molar-refractivity contribution < 1.29 is 4.79 Å². The predicted molar refractivity (Wildman–Crippen MR) is 66.2 cm³/mol. The van der Waals surface area contributed by atoms with Crippen molar-refractivity contribution in [1.29, 1.82) is 0 Å². The summed E-state index contributed by atoms with van der Waals surface area (Å²) in [6.45, 7) is 4.24. The Morgan fingerprint density at radius 1 is 1.50 bits per heavy atom. The lowest BCUT2D eigenvalue weighted by atomic mass is 10.1. The van der Waals surface area contributed by atoms with Crippen LogP contribution in [0, 0.1) is 0 Å². The number of carbonyl (C=O) groups is 1. The van der Waals surface area contributed by atoms with E-state index in [0.717, 1.165) is 4.90 Å². The quantitative estimate of drug-likeness (QED) is 0.753. The first kappa shape index (κ1) is 13.0. The van der Waals surface area contributed by atoms with Crippen LogP contribution in [0.1, 0.15) is 13.8 Å². The smallest absolute Gasteiger partial charge is 0.230 e. The molecule has 0 aliphatic carbocycles. The number of nitrogens with zero attached hydrogens (tertiary/aromatic N) is 1. The SMILES string of the molecule is CC(C)(CN)NC(=O)CSc1ccncc1. The third-order valence-corrected chi connectivity index (χ3v) is 3.02. The molecule has 1 aromatic heterocycles. The average Bonchev–Trinajstić information content (AvgIpc) is 2.27. The van der Waals surface area contributed by atoms with Crippen molar-refractivity contribution in [2.24, 2.45) is 5.73 Å². The van der Waals surface area contributed by atoms with Crippen LogP contribution in [0.2, 0.25) is 0 Å². The Morgan fingerprint density at radius 2 is 2.12 bits per heavy atom. The Kier molecular flexibility index (Phi) is 4.76. The van der Waals surface area contributed by atoms with E-state index in [9.17, 15) is 4.79 Å². The van der Waals surface area contributed by atoms with Gasteiger partial charge in [-0.2, -0.15) is 0 Å². The highest BCUT2D eigenvalue weighted by molar-refractivity contribution is 8.00. The zero-order valence-electron chi connectivity index (χ0n) is 9.56. The van der Waals surface area contributed by atoms with Gasteiger partial charge in [0.15, 0.2) is 0 Å². The number of pyridine rings is 1. The van der Waals surface area contributed by atoms with Gasteiger partial charge in [0, 0.05) is 29.4 Å². The van der Waals surface area contributed by atoms with Crippen molar-refractivity contribution in [3.05, 3.63) is 24.5 Å². The Hall–Kier alpha value is -1.07. The molecule has 0 atom stereocenters. The summed E-state index contributed by atoms with van der Waals surface area (Å²) in [6.07, 6.45) is 3.42. The van der Waals surface area contributed by atoms with Crippen LogP contribution in [0.5, 0.6) is 0 Å². The lowest BCUT2D eigenvalue weighted by Gasteiger charge is -2.23. The summed E-state index contributed by atoms with van der Waals surface area (Å²) in [7, 11) is 0. The third-order valence-electron chi connectivity index (χ3n) is 2.01. The monoisotopic (exact) mass is 239 g/mol. The van der Waals surface area contributed by atoms with Gasteiger partial charge in [-0.05, 0) is 26.0 Å². The number of hydrogen-bond donors (Lipinski definition) is 2. The minimum Gasteiger partial charge on any atom is -0.349 e. The Morgan fingerprint density at radius 3 is 2.69 bits per heavy atom. The van der Waals surface area contributed by atoms with Crippen molar-refractivity contribution in [2.45, 2.75) is 24.3 Å². The number of aromatic nitrogens is 1. The molecule has 0 saturated carbocycles. The minimum atomic E-state index is -0.337. The van der Waals surface area contributed by atoms with E-state index in [1.165, 1.54) is 11.8 Å². The summed E-state index contributed by atoms with van der Waals surface area (Å²) < 4.78 is 0. The molecule has 0 bridgehead atoms. The van der Waals surface area contributed by atoms with Gasteiger partial charge in [0.2, 0.25) is 5.91 Å². The second-order valence-corrected chi connectivity index (χ2v) is 5.16. The van der Waals surface area contributed by atoms with Gasteiger partial charge in [-0.15, -0.1) is 11.8 Å². The van der Waals surface area contributed by atoms with Crippen molar-refractivity contribution in [2.75, 3.05) is 12.3 Å². The molecule has 0 saturated heterocycles. The number of rotatable bonds is 5. The highest BCUT2D eigenvalue weighted by Gasteiger charge is 2.17. The average molecular weight is 239 g/mol. The first-order chi connectivity index (χ1) is 7.53. The zero-order valence-corrected chi connectivity index (χ0v) is 10.4. The maximum Gasteiger partial charge on any atom is 0.230 e. The Labute approximate surface area is 100 Å². The molecule has 0 radical (unpaired) electrons. The summed E-state index contributed by atoms with van der Waals surface area (Å²) in [5.74, 6) is 0.394. The fraction of sp³-hybridized carbons (Fsp3) is 0.455. The van der Waals surface area contributed by atoms with Crippen LogP contribution in [0.25, 0.3) is 0 Å². The zero-order chi connectivity index (χ0) is 12.0. The molecule has 16 heavy (non-hydrogen) atoms. The highest BCUT2D eigenvalue weighted by Crippen LogP contribution is 2.15. The van der Waals surface area contributed by atoms with E-state index in [2.05, 4.69) is 10.3 Å². The molecule has 1 amide bonds. The molecule has 4 nitrogen and oxygen atoms in total. The van der Waals surface area contributed by atoms with E-state index >= 15 is 0 Å². The van der Waals surface area contributed by atoms with Gasteiger partial charge < -0.3 is 11.1 Å². The van der Waals surface area contributed by atoms with Gasteiger partial charge in [0.1, 0.15) is 0 Å². The molecule has 1 heterocycles. The number of carbonyl (C=O) groups excluding carboxylic acids is 1. The normalized spacial score (nSPS) is 11.2. The van der Waals surface area contributed by atoms with Crippen LogP contribution in [0.15, 0.2) is 29.4 Å². The lowest BCUT2D eigenvalue weighted by Crippen LogP contribution is -2.49. The Balaban J connectivity index is 2.36. The van der Waals surface area contributed by atoms with Crippen LogP contribution in [-0.2, 0) is 4.79 Å². The standard InChI is InChI=1S/C11H17N3OS/c1-11(2,8-12)14-10(15)7-16-9-3-5-13-6-4-9/h3-6H,7-8,12H2,1-2H3,(H,14,15).